The minimum atomic E-state index is -0.817. The van der Waals surface area contributed by atoms with Gasteiger partial charge >= 0.3 is 12.2 Å². The second kappa shape index (κ2) is 15.0. The fraction of sp³-hybridized carbons (Fsp3) is 0.486. The summed E-state index contributed by atoms with van der Waals surface area (Å²) in [5, 5.41) is 17.3. The van der Waals surface area contributed by atoms with Gasteiger partial charge in [-0.05, 0) is 88.9 Å². The summed E-state index contributed by atoms with van der Waals surface area (Å²) in [6.45, 7) is 13.6. The molecule has 15 nitrogen and oxygen atoms in total. The summed E-state index contributed by atoms with van der Waals surface area (Å²) in [7, 11) is 1.77. The number of benzene rings is 1. The van der Waals surface area contributed by atoms with E-state index < -0.39 is 24.1 Å². The van der Waals surface area contributed by atoms with Crippen molar-refractivity contribution in [1.82, 2.24) is 39.9 Å². The summed E-state index contributed by atoms with van der Waals surface area (Å²) in [6.07, 6.45) is 2.82. The summed E-state index contributed by atoms with van der Waals surface area (Å²) in [5.74, 6) is 0.600. The fourth-order valence-electron chi connectivity index (χ4n) is 5.73. The number of pyridine rings is 1. The first kappa shape index (κ1) is 36.0. The van der Waals surface area contributed by atoms with Crippen LogP contribution in [0.1, 0.15) is 83.0 Å². The van der Waals surface area contributed by atoms with E-state index in [4.69, 9.17) is 14.2 Å². The molecule has 1 fully saturated rings. The van der Waals surface area contributed by atoms with Crippen LogP contribution >= 0.6 is 0 Å². The molecule has 2 amide bonds. The molecule has 0 aliphatic carbocycles. The van der Waals surface area contributed by atoms with Crippen LogP contribution in [0.2, 0.25) is 0 Å². The lowest BCUT2D eigenvalue weighted by Crippen LogP contribution is -2.53. The summed E-state index contributed by atoms with van der Waals surface area (Å²) < 4.78 is 17.8. The molecular formula is C35H45N9O6. The monoisotopic (exact) mass is 687 g/mol. The predicted molar refractivity (Wildman–Crippen MR) is 184 cm³/mol. The molecule has 1 aromatic carbocycles. The third-order valence-electron chi connectivity index (χ3n) is 8.03. The molecule has 15 heteroatoms. The number of piperidine rings is 1. The number of ether oxygens (including phenoxy) is 3. The molecule has 5 rings (SSSR count). The number of nitrogens with zero attached hydrogens (tertiary/aromatic N) is 9. The minimum Gasteiger partial charge on any atom is -0.444 e. The van der Waals surface area contributed by atoms with Crippen LogP contribution in [-0.4, -0.2) is 88.9 Å². The molecular weight excluding hydrogens is 642 g/mol. The summed E-state index contributed by atoms with van der Waals surface area (Å²) >= 11 is 0. The van der Waals surface area contributed by atoms with Crippen molar-refractivity contribution in [3.63, 3.8) is 0 Å². The minimum absolute atomic E-state index is 0.230. The first-order valence-electron chi connectivity index (χ1n) is 16.8. The van der Waals surface area contributed by atoms with E-state index in [1.807, 2.05) is 58.9 Å². The number of hydrogen-bond acceptors (Lipinski definition) is 11. The number of aryl methyl sites for hydroxylation is 2. The highest BCUT2D eigenvalue weighted by molar-refractivity contribution is 6.06. The number of hydrogen-bond donors (Lipinski definition) is 0. The van der Waals surface area contributed by atoms with E-state index in [-0.39, 0.29) is 23.9 Å². The van der Waals surface area contributed by atoms with Gasteiger partial charge in [0.1, 0.15) is 17.1 Å². The molecule has 1 aliphatic rings. The van der Waals surface area contributed by atoms with Crippen LogP contribution in [0.3, 0.4) is 0 Å². The van der Waals surface area contributed by atoms with E-state index in [0.717, 1.165) is 16.7 Å². The van der Waals surface area contributed by atoms with Crippen LogP contribution in [0, 0.1) is 6.92 Å². The van der Waals surface area contributed by atoms with Gasteiger partial charge in [-0.25, -0.2) is 14.6 Å². The maximum atomic E-state index is 14.3. The standard InChI is InChI=1S/C35H45N9O6/c1-9-28(49-34(47)48-22(2)3)44-39-30(38-40-44)29-27(20-37-41(29)8)24-14-16-25(17-15-24)32(45)43(31-23(4)12-10-18-36-31)26-13-11-19-42(21-26)33(46)50-35(5,6)7/h10,12,14-18,20,22,26,28H,9,11,13,19,21H2,1-8H3. The Morgan fingerprint density at radius 3 is 2.48 bits per heavy atom. The van der Waals surface area contributed by atoms with Gasteiger partial charge in [-0.1, -0.05) is 25.1 Å². The van der Waals surface area contributed by atoms with Crippen LogP contribution in [0.5, 0.6) is 0 Å². The Morgan fingerprint density at radius 2 is 1.82 bits per heavy atom. The topological polar surface area (TPSA) is 160 Å². The summed E-state index contributed by atoms with van der Waals surface area (Å²) in [5.41, 5.74) is 2.76. The number of tetrazole rings is 1. The first-order valence-corrected chi connectivity index (χ1v) is 16.8. The molecule has 2 atom stereocenters. The van der Waals surface area contributed by atoms with Gasteiger partial charge in [0.05, 0.1) is 18.3 Å². The van der Waals surface area contributed by atoms with Crippen molar-refractivity contribution in [1.29, 1.82) is 0 Å². The highest BCUT2D eigenvalue weighted by atomic mass is 16.7. The second-order valence-electron chi connectivity index (χ2n) is 13.5. The first-order chi connectivity index (χ1) is 23.8. The van der Waals surface area contributed by atoms with E-state index in [1.165, 1.54) is 4.80 Å². The van der Waals surface area contributed by atoms with E-state index in [0.29, 0.717) is 49.4 Å². The largest absolute Gasteiger partial charge is 0.510 e. The Bertz CT molecular complexity index is 1810. The lowest BCUT2D eigenvalue weighted by atomic mass is 10.0. The number of likely N-dealkylation sites (tertiary alicyclic amines) is 1. The van der Waals surface area contributed by atoms with Crippen molar-refractivity contribution in [2.45, 2.75) is 91.7 Å². The number of carbonyl (C=O) groups is 3. The lowest BCUT2D eigenvalue weighted by molar-refractivity contribution is -0.0290. The number of aromatic nitrogens is 7. The number of anilines is 1. The molecule has 1 aliphatic heterocycles. The zero-order chi connectivity index (χ0) is 36.2. The quantitative estimate of drug-likeness (QED) is 0.191. The van der Waals surface area contributed by atoms with Gasteiger partial charge in [-0.2, -0.15) is 5.10 Å². The average molecular weight is 688 g/mol. The highest BCUT2D eigenvalue weighted by Crippen LogP contribution is 2.32. The van der Waals surface area contributed by atoms with Crippen LogP contribution in [0.25, 0.3) is 22.6 Å². The Kier molecular flexibility index (Phi) is 10.8. The summed E-state index contributed by atoms with van der Waals surface area (Å²) in [6, 6.07) is 10.7. The maximum absolute atomic E-state index is 14.3. The van der Waals surface area contributed by atoms with Crippen molar-refractivity contribution < 1.29 is 28.6 Å². The van der Waals surface area contributed by atoms with E-state index in [9.17, 15) is 14.4 Å². The Morgan fingerprint density at radius 1 is 1.08 bits per heavy atom. The molecule has 4 heterocycles. The van der Waals surface area contributed by atoms with Crippen molar-refractivity contribution in [3.8, 4) is 22.6 Å². The van der Waals surface area contributed by atoms with E-state index in [1.54, 1.807) is 59.9 Å². The maximum Gasteiger partial charge on any atom is 0.510 e. The van der Waals surface area contributed by atoms with Crippen LogP contribution in [0.4, 0.5) is 15.4 Å². The number of rotatable bonds is 9. The fourth-order valence-corrected chi connectivity index (χ4v) is 5.73. The molecule has 2 unspecified atom stereocenters. The van der Waals surface area contributed by atoms with Gasteiger partial charge < -0.3 is 19.1 Å². The average Bonchev–Trinajstić information content (AvgIpc) is 3.70. The molecule has 266 valence electrons. The molecule has 1 saturated heterocycles. The molecule has 0 N–H and O–H groups in total. The van der Waals surface area contributed by atoms with Crippen LogP contribution in [0.15, 0.2) is 48.8 Å². The molecule has 0 radical (unpaired) electrons. The van der Waals surface area contributed by atoms with Crippen molar-refractivity contribution in [2.75, 3.05) is 18.0 Å². The SMILES string of the molecule is CCC(OC(=O)OC(C)C)n1nnc(-c2c(-c3ccc(C(=O)N(c4ncccc4C)C4CCCN(C(=O)OC(C)(C)C)C4)cc3)cnn2C)n1. The molecule has 0 spiro atoms. The molecule has 3 aromatic heterocycles. The lowest BCUT2D eigenvalue weighted by Gasteiger charge is -2.39. The van der Waals surface area contributed by atoms with Crippen molar-refractivity contribution >= 4 is 24.0 Å². The van der Waals surface area contributed by atoms with Gasteiger partial charge in [0.25, 0.3) is 5.91 Å². The Balaban J connectivity index is 1.40. The van der Waals surface area contributed by atoms with Crippen LogP contribution in [-0.2, 0) is 21.3 Å². The Labute approximate surface area is 291 Å². The molecule has 4 aromatic rings. The van der Waals surface area contributed by atoms with Gasteiger partial charge in [-0.15, -0.1) is 15.0 Å². The zero-order valence-electron chi connectivity index (χ0n) is 29.9. The van der Waals surface area contributed by atoms with Crippen molar-refractivity contribution in [2.24, 2.45) is 7.05 Å². The third-order valence-corrected chi connectivity index (χ3v) is 8.03. The van der Waals surface area contributed by atoms with Crippen LogP contribution < -0.4 is 4.90 Å². The molecule has 50 heavy (non-hydrogen) atoms. The van der Waals surface area contributed by atoms with Gasteiger partial charge in [0.15, 0.2) is 0 Å². The van der Waals surface area contributed by atoms with Gasteiger partial charge in [0.2, 0.25) is 12.1 Å². The summed E-state index contributed by atoms with van der Waals surface area (Å²) in [4.78, 5) is 48.7. The smallest absolute Gasteiger partial charge is 0.444 e. The van der Waals surface area contributed by atoms with Crippen molar-refractivity contribution in [3.05, 3.63) is 59.9 Å². The predicted octanol–water partition coefficient (Wildman–Crippen LogP) is 5.96. The second-order valence-corrected chi connectivity index (χ2v) is 13.5. The van der Waals surface area contributed by atoms with Gasteiger partial charge in [-0.3, -0.25) is 14.4 Å². The zero-order valence-corrected chi connectivity index (χ0v) is 29.9. The normalized spacial score (nSPS) is 15.5. The number of amides is 2. The number of carbonyl (C=O) groups excluding carboxylic acids is 3. The highest BCUT2D eigenvalue weighted by Gasteiger charge is 2.35. The van der Waals surface area contributed by atoms with E-state index in [2.05, 4.69) is 25.5 Å². The van der Waals surface area contributed by atoms with Gasteiger partial charge in [0, 0.05) is 43.9 Å². The van der Waals surface area contributed by atoms with E-state index >= 15 is 0 Å². The molecule has 0 bridgehead atoms. The Hall–Kier alpha value is -5.34. The molecule has 0 saturated carbocycles. The third kappa shape index (κ3) is 8.26.